The van der Waals surface area contributed by atoms with Crippen LogP contribution in [-0.4, -0.2) is 25.0 Å². The van der Waals surface area contributed by atoms with Gasteiger partial charge in [0.1, 0.15) is 11.7 Å². The van der Waals surface area contributed by atoms with Crippen molar-refractivity contribution in [3.63, 3.8) is 0 Å². The number of hydrogen-bond donors (Lipinski definition) is 1. The van der Waals surface area contributed by atoms with E-state index in [4.69, 9.17) is 4.74 Å². The van der Waals surface area contributed by atoms with Gasteiger partial charge in [0.25, 0.3) is 0 Å². The van der Waals surface area contributed by atoms with Gasteiger partial charge in [-0.2, -0.15) is 0 Å². The molecule has 1 N–H and O–H groups in total. The molecule has 2 aromatic carbocycles. The average Bonchev–Trinajstić information content (AvgIpc) is 3.09. The number of amides is 2. The summed E-state index contributed by atoms with van der Waals surface area (Å²) in [5.41, 5.74) is 3.07. The molecule has 0 spiro atoms. The first kappa shape index (κ1) is 19.0. The van der Waals surface area contributed by atoms with Gasteiger partial charge in [0.15, 0.2) is 0 Å². The molecule has 0 aliphatic carbocycles. The van der Waals surface area contributed by atoms with Gasteiger partial charge in [0.05, 0.1) is 6.61 Å². The molecule has 0 radical (unpaired) electrons. The van der Waals surface area contributed by atoms with Gasteiger partial charge < -0.3 is 15.0 Å². The van der Waals surface area contributed by atoms with Gasteiger partial charge in [-0.25, -0.2) is 0 Å². The fourth-order valence-electron chi connectivity index (χ4n) is 3.27. The fourth-order valence-corrected chi connectivity index (χ4v) is 3.27. The highest BCUT2D eigenvalue weighted by Gasteiger charge is 2.37. The number of rotatable bonds is 7. The van der Waals surface area contributed by atoms with E-state index in [1.165, 1.54) is 5.56 Å². The molecule has 0 aromatic heterocycles. The molecule has 2 amide bonds. The molecule has 3 rings (SSSR count). The van der Waals surface area contributed by atoms with Crippen LogP contribution in [0.25, 0.3) is 0 Å². The van der Waals surface area contributed by atoms with Crippen molar-refractivity contribution < 1.29 is 14.3 Å². The Morgan fingerprint density at radius 2 is 1.74 bits per heavy atom. The van der Waals surface area contributed by atoms with Crippen LogP contribution in [0.15, 0.2) is 48.5 Å². The maximum absolute atomic E-state index is 12.7. The average molecular weight is 366 g/mol. The van der Waals surface area contributed by atoms with E-state index >= 15 is 0 Å². The minimum absolute atomic E-state index is 0.122. The lowest BCUT2D eigenvalue weighted by molar-refractivity contribution is -0.132. The first-order valence-corrected chi connectivity index (χ1v) is 9.52. The van der Waals surface area contributed by atoms with Gasteiger partial charge in [-0.1, -0.05) is 31.2 Å². The standard InChI is InChI=1S/C22H26N2O3/c1-3-16-5-9-18(10-6-16)24-14-13-20(22(24)26)21(25)23-15-17-7-11-19(12-8-17)27-4-2/h5-12,20H,3-4,13-15H2,1-2H3,(H,23,25). The minimum Gasteiger partial charge on any atom is -0.494 e. The van der Waals surface area contributed by atoms with Crippen molar-refractivity contribution in [2.24, 2.45) is 5.92 Å². The van der Waals surface area contributed by atoms with Crippen molar-refractivity contribution in [1.29, 1.82) is 0 Å². The van der Waals surface area contributed by atoms with Gasteiger partial charge in [0, 0.05) is 18.8 Å². The summed E-state index contributed by atoms with van der Waals surface area (Å²) in [6.45, 7) is 5.64. The number of carbonyl (C=O) groups excluding carboxylic acids is 2. The molecule has 142 valence electrons. The normalized spacial score (nSPS) is 16.4. The number of nitrogens with one attached hydrogen (secondary N) is 1. The van der Waals surface area contributed by atoms with Crippen LogP contribution in [0.1, 0.15) is 31.4 Å². The molecule has 1 aliphatic heterocycles. The van der Waals surface area contributed by atoms with E-state index < -0.39 is 5.92 Å². The molecule has 5 heteroatoms. The van der Waals surface area contributed by atoms with Gasteiger partial charge >= 0.3 is 0 Å². The summed E-state index contributed by atoms with van der Waals surface area (Å²) in [7, 11) is 0. The van der Waals surface area contributed by atoms with Crippen LogP contribution in [-0.2, 0) is 22.6 Å². The Hall–Kier alpha value is -2.82. The van der Waals surface area contributed by atoms with Crippen LogP contribution >= 0.6 is 0 Å². The molecular formula is C22H26N2O3. The van der Waals surface area contributed by atoms with Crippen molar-refractivity contribution >= 4 is 17.5 Å². The van der Waals surface area contributed by atoms with Crippen LogP contribution in [0, 0.1) is 5.92 Å². The summed E-state index contributed by atoms with van der Waals surface area (Å²) in [6, 6.07) is 15.6. The number of hydrogen-bond acceptors (Lipinski definition) is 3. The summed E-state index contributed by atoms with van der Waals surface area (Å²) in [5, 5.41) is 2.89. The van der Waals surface area contributed by atoms with E-state index in [-0.39, 0.29) is 11.8 Å². The highest BCUT2D eigenvalue weighted by Crippen LogP contribution is 2.26. The third-order valence-electron chi connectivity index (χ3n) is 4.88. The van der Waals surface area contributed by atoms with Gasteiger partial charge in [0.2, 0.25) is 11.8 Å². The van der Waals surface area contributed by atoms with Gasteiger partial charge in [-0.05, 0) is 55.2 Å². The van der Waals surface area contributed by atoms with E-state index in [1.807, 2.05) is 55.5 Å². The lowest BCUT2D eigenvalue weighted by Gasteiger charge is -2.17. The van der Waals surface area contributed by atoms with E-state index in [2.05, 4.69) is 12.2 Å². The second-order valence-corrected chi connectivity index (χ2v) is 6.65. The highest BCUT2D eigenvalue weighted by molar-refractivity contribution is 6.09. The van der Waals surface area contributed by atoms with Crippen molar-refractivity contribution in [1.82, 2.24) is 5.32 Å². The Balaban J connectivity index is 1.56. The van der Waals surface area contributed by atoms with E-state index in [9.17, 15) is 9.59 Å². The minimum atomic E-state index is -0.612. The summed E-state index contributed by atoms with van der Waals surface area (Å²) in [6.07, 6.45) is 1.51. The Morgan fingerprint density at radius 1 is 1.07 bits per heavy atom. The predicted molar refractivity (Wildman–Crippen MR) is 106 cm³/mol. The lowest BCUT2D eigenvalue weighted by atomic mass is 10.1. The summed E-state index contributed by atoms with van der Waals surface area (Å²) in [4.78, 5) is 26.9. The third kappa shape index (κ3) is 4.48. The van der Waals surface area contributed by atoms with Crippen LogP contribution in [0.2, 0.25) is 0 Å². The maximum Gasteiger partial charge on any atom is 0.239 e. The maximum atomic E-state index is 12.7. The number of nitrogens with zero attached hydrogens (tertiary/aromatic N) is 1. The Bertz CT molecular complexity index is 784. The van der Waals surface area contributed by atoms with Gasteiger partial charge in [-0.3, -0.25) is 9.59 Å². The van der Waals surface area contributed by atoms with Crippen molar-refractivity contribution in [2.75, 3.05) is 18.1 Å². The Kier molecular flexibility index (Phi) is 6.12. The quantitative estimate of drug-likeness (QED) is 0.765. The number of carbonyl (C=O) groups is 2. The second-order valence-electron chi connectivity index (χ2n) is 6.65. The largest absolute Gasteiger partial charge is 0.494 e. The van der Waals surface area contributed by atoms with E-state index in [0.717, 1.165) is 23.4 Å². The molecule has 1 fully saturated rings. The number of ether oxygens (including phenoxy) is 1. The zero-order valence-corrected chi connectivity index (χ0v) is 15.9. The fraction of sp³-hybridized carbons (Fsp3) is 0.364. The molecule has 1 heterocycles. The molecule has 1 aliphatic rings. The van der Waals surface area contributed by atoms with E-state index in [1.54, 1.807) is 4.90 Å². The van der Waals surface area contributed by atoms with Crippen molar-refractivity contribution in [3.8, 4) is 5.75 Å². The number of anilines is 1. The van der Waals surface area contributed by atoms with Crippen molar-refractivity contribution in [2.45, 2.75) is 33.2 Å². The van der Waals surface area contributed by atoms with Crippen LogP contribution in [0.4, 0.5) is 5.69 Å². The molecule has 27 heavy (non-hydrogen) atoms. The van der Waals surface area contributed by atoms with E-state index in [0.29, 0.717) is 26.1 Å². The molecule has 5 nitrogen and oxygen atoms in total. The van der Waals surface area contributed by atoms with Crippen LogP contribution in [0.3, 0.4) is 0 Å². The highest BCUT2D eigenvalue weighted by atomic mass is 16.5. The second kappa shape index (κ2) is 8.71. The predicted octanol–water partition coefficient (Wildman–Crippen LogP) is 3.32. The Morgan fingerprint density at radius 3 is 2.37 bits per heavy atom. The summed E-state index contributed by atoms with van der Waals surface area (Å²) >= 11 is 0. The first-order chi connectivity index (χ1) is 13.1. The SMILES string of the molecule is CCOc1ccc(CNC(=O)C2CCN(c3ccc(CC)cc3)C2=O)cc1. The molecule has 1 atom stereocenters. The summed E-state index contributed by atoms with van der Waals surface area (Å²) < 4.78 is 5.41. The first-order valence-electron chi connectivity index (χ1n) is 9.52. The zero-order chi connectivity index (χ0) is 19.2. The topological polar surface area (TPSA) is 58.6 Å². The van der Waals surface area contributed by atoms with Gasteiger partial charge in [-0.15, -0.1) is 0 Å². The van der Waals surface area contributed by atoms with Crippen LogP contribution < -0.4 is 15.0 Å². The van der Waals surface area contributed by atoms with Crippen LogP contribution in [0.5, 0.6) is 5.75 Å². The Labute approximate surface area is 160 Å². The smallest absolute Gasteiger partial charge is 0.239 e. The third-order valence-corrected chi connectivity index (χ3v) is 4.88. The van der Waals surface area contributed by atoms with Crippen molar-refractivity contribution in [3.05, 3.63) is 59.7 Å². The number of benzene rings is 2. The monoisotopic (exact) mass is 366 g/mol. The molecule has 1 saturated heterocycles. The lowest BCUT2D eigenvalue weighted by Crippen LogP contribution is -2.36. The number of aryl methyl sites for hydroxylation is 1. The zero-order valence-electron chi connectivity index (χ0n) is 15.9. The molecule has 2 aromatic rings. The summed E-state index contributed by atoms with van der Waals surface area (Å²) in [5.74, 6) is -0.133. The molecule has 0 saturated carbocycles. The molecule has 1 unspecified atom stereocenters. The molecule has 0 bridgehead atoms. The molecular weight excluding hydrogens is 340 g/mol.